The molecule has 152 valence electrons. The lowest BCUT2D eigenvalue weighted by Gasteiger charge is -2.15. The van der Waals surface area contributed by atoms with Crippen molar-refractivity contribution in [3.05, 3.63) is 23.8 Å². The number of benzene rings is 1. The van der Waals surface area contributed by atoms with E-state index in [0.29, 0.717) is 31.9 Å². The molecule has 0 bridgehead atoms. The minimum atomic E-state index is -3.23. The standard InChI is InChI=1S/C20H32N2O4S/c1-15(2)27(24,25)21-13-7-6-10-20(23)22-19-12-11-18(14-16(19)3)26-17-8-4-5-9-17/h11-12,14-15,17,21H,4-10,13H2,1-3H3,(H,22,23). The van der Waals surface area contributed by atoms with Crippen molar-refractivity contribution < 1.29 is 17.9 Å². The molecular weight excluding hydrogens is 364 g/mol. The highest BCUT2D eigenvalue weighted by atomic mass is 32.2. The zero-order chi connectivity index (χ0) is 19.9. The van der Waals surface area contributed by atoms with Gasteiger partial charge in [0.15, 0.2) is 0 Å². The quantitative estimate of drug-likeness (QED) is 0.590. The summed E-state index contributed by atoms with van der Waals surface area (Å²) in [6, 6.07) is 5.75. The molecular formula is C20H32N2O4S. The number of hydrogen-bond donors (Lipinski definition) is 2. The van der Waals surface area contributed by atoms with E-state index in [9.17, 15) is 13.2 Å². The average Bonchev–Trinajstić information content (AvgIpc) is 3.10. The molecule has 1 fully saturated rings. The van der Waals surface area contributed by atoms with Crippen molar-refractivity contribution in [1.29, 1.82) is 0 Å². The molecule has 0 saturated heterocycles. The summed E-state index contributed by atoms with van der Waals surface area (Å²) in [6.45, 7) is 5.60. The van der Waals surface area contributed by atoms with Crippen LogP contribution in [0.4, 0.5) is 5.69 Å². The maximum absolute atomic E-state index is 12.1. The molecule has 2 rings (SSSR count). The predicted molar refractivity (Wildman–Crippen MR) is 109 cm³/mol. The summed E-state index contributed by atoms with van der Waals surface area (Å²) in [4.78, 5) is 12.1. The van der Waals surface area contributed by atoms with Gasteiger partial charge < -0.3 is 10.1 Å². The Morgan fingerprint density at radius 2 is 1.93 bits per heavy atom. The molecule has 0 spiro atoms. The number of anilines is 1. The summed E-state index contributed by atoms with van der Waals surface area (Å²) in [6.07, 6.45) is 6.64. The Kier molecular flexibility index (Phi) is 8.10. The first-order chi connectivity index (χ1) is 12.8. The smallest absolute Gasteiger partial charge is 0.224 e. The lowest BCUT2D eigenvalue weighted by Crippen LogP contribution is -2.31. The van der Waals surface area contributed by atoms with E-state index >= 15 is 0 Å². The first-order valence-corrected chi connectivity index (χ1v) is 11.4. The van der Waals surface area contributed by atoms with Crippen LogP contribution in [0.2, 0.25) is 0 Å². The monoisotopic (exact) mass is 396 g/mol. The second-order valence-electron chi connectivity index (χ2n) is 7.49. The van der Waals surface area contributed by atoms with Gasteiger partial charge in [0.1, 0.15) is 5.75 Å². The fourth-order valence-electron chi connectivity index (χ4n) is 3.05. The van der Waals surface area contributed by atoms with Gasteiger partial charge in [-0.2, -0.15) is 0 Å². The van der Waals surface area contributed by atoms with E-state index in [-0.39, 0.29) is 5.91 Å². The molecule has 0 aromatic heterocycles. The van der Waals surface area contributed by atoms with Crippen LogP contribution in [0.3, 0.4) is 0 Å². The molecule has 1 aliphatic rings. The lowest BCUT2D eigenvalue weighted by atomic mass is 10.1. The van der Waals surface area contributed by atoms with E-state index in [2.05, 4.69) is 10.0 Å². The minimum absolute atomic E-state index is 0.0609. The van der Waals surface area contributed by atoms with E-state index in [1.165, 1.54) is 12.8 Å². The molecule has 0 unspecified atom stereocenters. The Hall–Kier alpha value is -1.60. The fourth-order valence-corrected chi connectivity index (χ4v) is 3.81. The molecule has 0 radical (unpaired) electrons. The van der Waals surface area contributed by atoms with Crippen LogP contribution in [-0.4, -0.2) is 32.2 Å². The van der Waals surface area contributed by atoms with Gasteiger partial charge in [-0.25, -0.2) is 13.1 Å². The Morgan fingerprint density at radius 1 is 1.22 bits per heavy atom. The van der Waals surface area contributed by atoms with Crippen molar-refractivity contribution in [3.8, 4) is 5.75 Å². The number of sulfonamides is 1. The number of aryl methyl sites for hydroxylation is 1. The van der Waals surface area contributed by atoms with Gasteiger partial charge in [0.25, 0.3) is 0 Å². The molecule has 7 heteroatoms. The van der Waals surface area contributed by atoms with Crippen LogP contribution < -0.4 is 14.8 Å². The second-order valence-corrected chi connectivity index (χ2v) is 9.82. The van der Waals surface area contributed by atoms with E-state index in [1.54, 1.807) is 13.8 Å². The molecule has 1 aromatic rings. The Balaban J connectivity index is 1.72. The Labute approximate surface area is 163 Å². The van der Waals surface area contributed by atoms with Crippen molar-refractivity contribution in [2.75, 3.05) is 11.9 Å². The van der Waals surface area contributed by atoms with Crippen LogP contribution in [-0.2, 0) is 14.8 Å². The third-order valence-corrected chi connectivity index (χ3v) is 6.68. The molecule has 1 aromatic carbocycles. The van der Waals surface area contributed by atoms with Gasteiger partial charge in [-0.15, -0.1) is 0 Å². The summed E-state index contributed by atoms with van der Waals surface area (Å²) >= 11 is 0. The Morgan fingerprint density at radius 3 is 2.56 bits per heavy atom. The molecule has 0 aliphatic heterocycles. The first kappa shape index (κ1) is 21.7. The maximum atomic E-state index is 12.1. The highest BCUT2D eigenvalue weighted by molar-refractivity contribution is 7.90. The fraction of sp³-hybridized carbons (Fsp3) is 0.650. The number of unbranched alkanes of at least 4 members (excludes halogenated alkanes) is 1. The summed E-state index contributed by atoms with van der Waals surface area (Å²) in [5.74, 6) is 0.795. The molecule has 2 N–H and O–H groups in total. The van der Waals surface area contributed by atoms with Crippen LogP contribution in [0.5, 0.6) is 5.75 Å². The summed E-state index contributed by atoms with van der Waals surface area (Å²) in [5, 5.41) is 2.48. The highest BCUT2D eigenvalue weighted by Gasteiger charge is 2.17. The van der Waals surface area contributed by atoms with E-state index in [4.69, 9.17) is 4.74 Å². The van der Waals surface area contributed by atoms with Crippen LogP contribution in [0.1, 0.15) is 64.4 Å². The Bertz CT molecular complexity index is 725. The van der Waals surface area contributed by atoms with Gasteiger partial charge >= 0.3 is 0 Å². The van der Waals surface area contributed by atoms with Crippen LogP contribution >= 0.6 is 0 Å². The number of carbonyl (C=O) groups excluding carboxylic acids is 1. The number of hydrogen-bond acceptors (Lipinski definition) is 4. The molecule has 6 nitrogen and oxygen atoms in total. The number of carbonyl (C=O) groups is 1. The molecule has 1 amide bonds. The van der Waals surface area contributed by atoms with Gasteiger partial charge in [-0.05, 0) is 83.1 Å². The van der Waals surface area contributed by atoms with Crippen molar-refractivity contribution in [2.24, 2.45) is 0 Å². The third kappa shape index (κ3) is 7.14. The van der Waals surface area contributed by atoms with Crippen molar-refractivity contribution >= 4 is 21.6 Å². The zero-order valence-electron chi connectivity index (χ0n) is 16.6. The summed E-state index contributed by atoms with van der Waals surface area (Å²) in [5.41, 5.74) is 1.77. The molecule has 1 saturated carbocycles. The molecule has 0 atom stereocenters. The molecule has 1 aliphatic carbocycles. The van der Waals surface area contributed by atoms with Gasteiger partial charge in [-0.1, -0.05) is 0 Å². The van der Waals surface area contributed by atoms with E-state index in [0.717, 1.165) is 29.8 Å². The summed E-state index contributed by atoms with van der Waals surface area (Å²) < 4.78 is 31.8. The van der Waals surface area contributed by atoms with Gasteiger partial charge in [0.2, 0.25) is 15.9 Å². The normalized spacial score (nSPS) is 15.3. The largest absolute Gasteiger partial charge is 0.490 e. The minimum Gasteiger partial charge on any atom is -0.490 e. The number of ether oxygens (including phenoxy) is 1. The number of amides is 1. The van der Waals surface area contributed by atoms with Gasteiger partial charge in [0, 0.05) is 18.7 Å². The second kappa shape index (κ2) is 10.1. The predicted octanol–water partition coefficient (Wildman–Crippen LogP) is 3.75. The lowest BCUT2D eigenvalue weighted by molar-refractivity contribution is -0.116. The zero-order valence-corrected chi connectivity index (χ0v) is 17.4. The summed E-state index contributed by atoms with van der Waals surface area (Å²) in [7, 11) is -3.23. The third-order valence-electron chi connectivity index (χ3n) is 4.83. The highest BCUT2D eigenvalue weighted by Crippen LogP contribution is 2.27. The SMILES string of the molecule is Cc1cc(OC2CCCC2)ccc1NC(=O)CCCCNS(=O)(=O)C(C)C. The average molecular weight is 397 g/mol. The number of rotatable bonds is 10. The molecule has 27 heavy (non-hydrogen) atoms. The van der Waals surface area contributed by atoms with Gasteiger partial charge in [0.05, 0.1) is 11.4 Å². The first-order valence-electron chi connectivity index (χ1n) is 9.83. The topological polar surface area (TPSA) is 84.5 Å². The molecule has 0 heterocycles. The van der Waals surface area contributed by atoms with Crippen molar-refractivity contribution in [2.45, 2.75) is 77.1 Å². The van der Waals surface area contributed by atoms with Crippen molar-refractivity contribution in [3.63, 3.8) is 0 Å². The van der Waals surface area contributed by atoms with Crippen molar-refractivity contribution in [1.82, 2.24) is 4.72 Å². The van der Waals surface area contributed by atoms with E-state index in [1.807, 2.05) is 25.1 Å². The number of nitrogens with one attached hydrogen (secondary N) is 2. The van der Waals surface area contributed by atoms with Crippen LogP contribution in [0.25, 0.3) is 0 Å². The maximum Gasteiger partial charge on any atom is 0.224 e. The van der Waals surface area contributed by atoms with Crippen LogP contribution in [0, 0.1) is 6.92 Å². The van der Waals surface area contributed by atoms with Gasteiger partial charge in [-0.3, -0.25) is 4.79 Å². The van der Waals surface area contributed by atoms with Crippen LogP contribution in [0.15, 0.2) is 18.2 Å². The van der Waals surface area contributed by atoms with E-state index < -0.39 is 15.3 Å².